The molecule has 0 aromatic heterocycles. The number of rotatable bonds is 8. The summed E-state index contributed by atoms with van der Waals surface area (Å²) in [6.45, 7) is 3.23. The Morgan fingerprint density at radius 1 is 1.20 bits per heavy atom. The van der Waals surface area contributed by atoms with E-state index in [1.807, 2.05) is 36.4 Å². The van der Waals surface area contributed by atoms with Crippen LogP contribution in [0.2, 0.25) is 5.02 Å². The van der Waals surface area contributed by atoms with Crippen LogP contribution in [0.4, 0.5) is 0 Å². The van der Waals surface area contributed by atoms with Gasteiger partial charge in [-0.1, -0.05) is 29.8 Å². The zero-order valence-electron chi connectivity index (χ0n) is 14.5. The van der Waals surface area contributed by atoms with Crippen molar-refractivity contribution in [2.75, 3.05) is 20.3 Å². The molecule has 4 nitrogen and oxygen atoms in total. The summed E-state index contributed by atoms with van der Waals surface area (Å²) in [5.41, 5.74) is 2.17. The van der Waals surface area contributed by atoms with Crippen LogP contribution in [0, 0.1) is 0 Å². The first-order chi connectivity index (χ1) is 12.3. The minimum Gasteiger partial charge on any atom is -0.493 e. The van der Waals surface area contributed by atoms with E-state index in [0.29, 0.717) is 17.7 Å². The van der Waals surface area contributed by atoms with Crippen LogP contribution >= 0.6 is 11.6 Å². The highest BCUT2D eigenvalue weighted by atomic mass is 35.5. The van der Waals surface area contributed by atoms with Gasteiger partial charge in [0.15, 0.2) is 11.5 Å². The van der Waals surface area contributed by atoms with Crippen LogP contribution in [0.1, 0.15) is 24.0 Å². The fourth-order valence-electron chi connectivity index (χ4n) is 3.00. The Morgan fingerprint density at radius 2 is 2.08 bits per heavy atom. The van der Waals surface area contributed by atoms with Crippen LogP contribution in [0.5, 0.6) is 11.5 Å². The molecule has 5 heteroatoms. The molecule has 0 aliphatic carbocycles. The monoisotopic (exact) mass is 362 g/mol. The second-order valence-electron chi connectivity index (χ2n) is 6.23. The molecule has 1 heterocycles. The lowest BCUT2D eigenvalue weighted by Gasteiger charge is -2.13. The van der Waals surface area contributed by atoms with E-state index < -0.39 is 0 Å². The van der Waals surface area contributed by atoms with Crippen molar-refractivity contribution in [2.24, 2.45) is 0 Å². The molecule has 0 unspecified atom stereocenters. The average molecular weight is 363 g/mol. The van der Waals surface area contributed by atoms with Gasteiger partial charge in [0.2, 0.25) is 0 Å². The third kappa shape index (κ3) is 5.11. The molecule has 1 aliphatic heterocycles. The number of benzene rings is 2. The molecule has 2 aromatic rings. The molecule has 0 bridgehead atoms. The van der Waals surface area contributed by atoms with Crippen molar-refractivity contribution in [3.8, 4) is 11.5 Å². The number of methoxy groups -OCH3 is 1. The zero-order valence-corrected chi connectivity index (χ0v) is 15.3. The van der Waals surface area contributed by atoms with Gasteiger partial charge in [-0.15, -0.1) is 0 Å². The number of hydrogen-bond acceptors (Lipinski definition) is 3. The molecule has 2 aromatic carbocycles. The van der Waals surface area contributed by atoms with Crippen LogP contribution in [-0.4, -0.2) is 26.4 Å². The predicted octanol–water partition coefficient (Wildman–Crippen LogP) is 3.17. The van der Waals surface area contributed by atoms with Crippen LogP contribution < -0.4 is 14.8 Å². The first kappa shape index (κ1) is 18.1. The summed E-state index contributed by atoms with van der Waals surface area (Å²) in [6, 6.07) is 13.8. The molecule has 0 saturated carbocycles. The van der Waals surface area contributed by atoms with Crippen molar-refractivity contribution < 1.29 is 19.5 Å². The molecule has 1 saturated heterocycles. The average Bonchev–Trinajstić information content (AvgIpc) is 3.15. The maximum Gasteiger partial charge on any atom is 0.161 e. The predicted molar refractivity (Wildman–Crippen MR) is 98.2 cm³/mol. The first-order valence-electron chi connectivity index (χ1n) is 8.72. The van der Waals surface area contributed by atoms with Gasteiger partial charge in [0.25, 0.3) is 0 Å². The lowest BCUT2D eigenvalue weighted by Crippen LogP contribution is -2.84. The Balaban J connectivity index is 1.56. The third-order valence-corrected chi connectivity index (χ3v) is 4.77. The second-order valence-corrected chi connectivity index (χ2v) is 6.64. The lowest BCUT2D eigenvalue weighted by atomic mass is 10.2. The second kappa shape index (κ2) is 9.09. The Hall–Kier alpha value is -1.75. The minimum atomic E-state index is 0.403. The molecule has 1 fully saturated rings. The summed E-state index contributed by atoms with van der Waals surface area (Å²) in [5.74, 6) is 1.47. The minimum absolute atomic E-state index is 0.403. The van der Waals surface area contributed by atoms with Crippen molar-refractivity contribution in [1.29, 1.82) is 0 Å². The van der Waals surface area contributed by atoms with E-state index in [9.17, 15) is 0 Å². The Morgan fingerprint density at radius 3 is 2.84 bits per heavy atom. The quantitative estimate of drug-likeness (QED) is 0.784. The van der Waals surface area contributed by atoms with Crippen LogP contribution in [-0.2, 0) is 17.9 Å². The zero-order chi connectivity index (χ0) is 17.5. The summed E-state index contributed by atoms with van der Waals surface area (Å²) in [6.07, 6.45) is 2.76. The van der Waals surface area contributed by atoms with Crippen molar-refractivity contribution in [3.05, 3.63) is 58.6 Å². The van der Waals surface area contributed by atoms with Crippen LogP contribution in [0.25, 0.3) is 0 Å². The Bertz CT molecular complexity index is 686. The molecular weight excluding hydrogens is 338 g/mol. The highest BCUT2D eigenvalue weighted by molar-refractivity contribution is 6.31. The molecule has 1 aliphatic rings. The van der Waals surface area contributed by atoms with E-state index in [2.05, 4.69) is 11.4 Å². The smallest absolute Gasteiger partial charge is 0.161 e. The van der Waals surface area contributed by atoms with Crippen molar-refractivity contribution in [1.82, 2.24) is 0 Å². The number of nitrogens with two attached hydrogens (primary N) is 1. The highest BCUT2D eigenvalue weighted by Gasteiger charge is 2.17. The van der Waals surface area contributed by atoms with Gasteiger partial charge in [0.05, 0.1) is 7.11 Å². The van der Waals surface area contributed by atoms with Gasteiger partial charge in [-0.05, 0) is 37.1 Å². The van der Waals surface area contributed by atoms with Gasteiger partial charge in [0, 0.05) is 22.8 Å². The van der Waals surface area contributed by atoms with Gasteiger partial charge in [-0.2, -0.15) is 0 Å². The number of ether oxygens (including phenoxy) is 3. The van der Waals surface area contributed by atoms with Gasteiger partial charge >= 0.3 is 0 Å². The lowest BCUT2D eigenvalue weighted by molar-refractivity contribution is -0.676. The van der Waals surface area contributed by atoms with Crippen molar-refractivity contribution >= 4 is 11.6 Å². The van der Waals surface area contributed by atoms with Crippen LogP contribution in [0.3, 0.4) is 0 Å². The van der Waals surface area contributed by atoms with E-state index in [0.717, 1.165) is 36.8 Å². The normalized spacial score (nSPS) is 16.8. The number of quaternary nitrogens is 1. The molecule has 25 heavy (non-hydrogen) atoms. The first-order valence-corrected chi connectivity index (χ1v) is 9.10. The van der Waals surface area contributed by atoms with E-state index in [1.54, 1.807) is 7.11 Å². The number of halogens is 1. The summed E-state index contributed by atoms with van der Waals surface area (Å²) in [7, 11) is 1.66. The largest absolute Gasteiger partial charge is 0.493 e. The maximum absolute atomic E-state index is 6.17. The molecule has 1 atom stereocenters. The van der Waals surface area contributed by atoms with E-state index >= 15 is 0 Å². The van der Waals surface area contributed by atoms with Crippen molar-refractivity contribution in [3.63, 3.8) is 0 Å². The van der Waals surface area contributed by atoms with E-state index in [4.69, 9.17) is 25.8 Å². The molecular formula is C20H25ClNO3+. The highest BCUT2D eigenvalue weighted by Crippen LogP contribution is 2.29. The fraction of sp³-hybridized carbons (Fsp3) is 0.400. The van der Waals surface area contributed by atoms with Crippen molar-refractivity contribution in [2.45, 2.75) is 32.1 Å². The summed E-state index contributed by atoms with van der Waals surface area (Å²) < 4.78 is 17.0. The standard InChI is InChI=1S/C20H24ClNO3/c1-23-20-11-15(12-22-13-17-6-4-10-24-17)8-9-19(20)25-14-16-5-2-3-7-18(16)21/h2-3,5,7-9,11,17,22H,4,6,10,12-14H2,1H3/p+1/t17-/m1/s1. The molecule has 0 radical (unpaired) electrons. The molecule has 3 rings (SSSR count). The summed E-state index contributed by atoms with van der Waals surface area (Å²) in [4.78, 5) is 0. The summed E-state index contributed by atoms with van der Waals surface area (Å²) in [5, 5.41) is 3.00. The van der Waals surface area contributed by atoms with Gasteiger partial charge in [-0.3, -0.25) is 0 Å². The molecule has 0 amide bonds. The van der Waals surface area contributed by atoms with Gasteiger partial charge < -0.3 is 19.5 Å². The maximum atomic E-state index is 6.17. The molecule has 0 spiro atoms. The Kier molecular flexibility index (Phi) is 6.56. The Labute approximate surface area is 154 Å². The third-order valence-electron chi connectivity index (χ3n) is 4.40. The number of hydrogen-bond donors (Lipinski definition) is 1. The summed E-state index contributed by atoms with van der Waals surface area (Å²) >= 11 is 6.17. The van der Waals surface area contributed by atoms with Gasteiger partial charge in [-0.25, -0.2) is 0 Å². The SMILES string of the molecule is COc1cc(C[NH2+]C[C@H]2CCCO2)ccc1OCc1ccccc1Cl. The van der Waals surface area contributed by atoms with Gasteiger partial charge in [0.1, 0.15) is 25.8 Å². The fourth-order valence-corrected chi connectivity index (χ4v) is 3.19. The van der Waals surface area contributed by atoms with E-state index in [1.165, 1.54) is 18.4 Å². The molecule has 2 N–H and O–H groups in total. The molecule has 134 valence electrons. The topological polar surface area (TPSA) is 44.3 Å². The van der Waals surface area contributed by atoms with E-state index in [-0.39, 0.29) is 0 Å². The van der Waals surface area contributed by atoms with Crippen LogP contribution in [0.15, 0.2) is 42.5 Å².